The quantitative estimate of drug-likeness (QED) is 0.823. The molecule has 1 fully saturated rings. The molecule has 2 heterocycles. The Balaban J connectivity index is 1.77. The highest BCUT2D eigenvalue weighted by Crippen LogP contribution is 2.20. The molecule has 17 heavy (non-hydrogen) atoms. The smallest absolute Gasteiger partial charge is 0.332 e. The maximum atomic E-state index is 10.7. The van der Waals surface area contributed by atoms with Gasteiger partial charge in [-0.25, -0.2) is 9.78 Å². The highest BCUT2D eigenvalue weighted by Gasteiger charge is 2.30. The molecule has 1 aliphatic rings. The van der Waals surface area contributed by atoms with Crippen molar-refractivity contribution < 1.29 is 14.6 Å². The van der Waals surface area contributed by atoms with Crippen molar-refractivity contribution in [1.82, 2.24) is 9.36 Å². The molecule has 2 rings (SSSR count). The Kier molecular flexibility index (Phi) is 3.90. The topological polar surface area (TPSA) is 84.3 Å². The molecular formula is C10H15N3O3S. The van der Waals surface area contributed by atoms with Gasteiger partial charge in [0.2, 0.25) is 5.13 Å². The Morgan fingerprint density at radius 2 is 2.47 bits per heavy atom. The van der Waals surface area contributed by atoms with Gasteiger partial charge in [0, 0.05) is 24.5 Å². The number of nitrogens with one attached hydrogen (secondary N) is 1. The van der Waals surface area contributed by atoms with Crippen LogP contribution >= 0.6 is 11.5 Å². The highest BCUT2D eigenvalue weighted by atomic mass is 32.1. The number of aryl methyl sites for hydroxylation is 1. The predicted molar refractivity (Wildman–Crippen MR) is 63.3 cm³/mol. The summed E-state index contributed by atoms with van der Waals surface area (Å²) in [5.74, 6) is -0.0510. The molecule has 6 nitrogen and oxygen atoms in total. The van der Waals surface area contributed by atoms with Crippen molar-refractivity contribution in [2.24, 2.45) is 0 Å². The zero-order chi connectivity index (χ0) is 12.3. The number of carbonyl (C=O) groups is 1. The summed E-state index contributed by atoms with van der Waals surface area (Å²) in [7, 11) is 0. The van der Waals surface area contributed by atoms with E-state index in [0.29, 0.717) is 13.0 Å². The maximum absolute atomic E-state index is 10.7. The maximum Gasteiger partial charge on any atom is 0.332 e. The molecule has 1 aromatic rings. The third-order valence-corrected chi connectivity index (χ3v) is 3.36. The fraction of sp³-hybridized carbons (Fsp3) is 0.700. The van der Waals surface area contributed by atoms with E-state index in [9.17, 15) is 4.79 Å². The lowest BCUT2D eigenvalue weighted by atomic mass is 10.2. The minimum atomic E-state index is -0.878. The summed E-state index contributed by atoms with van der Waals surface area (Å²) >= 11 is 1.32. The number of hydrogen-bond donors (Lipinski definition) is 2. The molecule has 1 saturated heterocycles. The third-order valence-electron chi connectivity index (χ3n) is 2.65. The van der Waals surface area contributed by atoms with Crippen LogP contribution in [0.25, 0.3) is 0 Å². The van der Waals surface area contributed by atoms with E-state index in [0.717, 1.165) is 23.8 Å². The zero-order valence-electron chi connectivity index (χ0n) is 9.55. The van der Waals surface area contributed by atoms with Crippen molar-refractivity contribution >= 4 is 22.6 Å². The normalized spacial score (nSPS) is 23.8. The Morgan fingerprint density at radius 3 is 3.06 bits per heavy atom. The van der Waals surface area contributed by atoms with E-state index in [4.69, 9.17) is 9.84 Å². The summed E-state index contributed by atoms with van der Waals surface area (Å²) in [5.41, 5.74) is 0. The van der Waals surface area contributed by atoms with Crippen LogP contribution in [0, 0.1) is 0 Å². The Labute approximate surface area is 103 Å². The number of ether oxygens (including phenoxy) is 1. The molecule has 2 unspecified atom stereocenters. The van der Waals surface area contributed by atoms with E-state index in [1.165, 1.54) is 11.5 Å². The van der Waals surface area contributed by atoms with Crippen molar-refractivity contribution in [2.45, 2.75) is 38.4 Å². The van der Waals surface area contributed by atoms with Crippen molar-refractivity contribution in [3.05, 3.63) is 5.82 Å². The number of carboxylic acids is 1. The molecule has 0 spiro atoms. The number of aliphatic carboxylic acids is 1. The van der Waals surface area contributed by atoms with Gasteiger partial charge in [0.05, 0.1) is 6.10 Å². The van der Waals surface area contributed by atoms with Gasteiger partial charge in [0.25, 0.3) is 0 Å². The van der Waals surface area contributed by atoms with Crippen LogP contribution in [-0.4, -0.2) is 39.2 Å². The van der Waals surface area contributed by atoms with E-state index < -0.39 is 12.1 Å². The van der Waals surface area contributed by atoms with Crippen LogP contribution in [0.5, 0.6) is 0 Å². The van der Waals surface area contributed by atoms with Gasteiger partial charge in [0.15, 0.2) is 6.10 Å². The first-order chi connectivity index (χ1) is 8.19. The van der Waals surface area contributed by atoms with Crippen molar-refractivity contribution in [2.75, 3.05) is 11.9 Å². The second-order valence-electron chi connectivity index (χ2n) is 3.91. The zero-order valence-corrected chi connectivity index (χ0v) is 10.4. The van der Waals surface area contributed by atoms with Gasteiger partial charge in [-0.05, 0) is 12.8 Å². The Hall–Kier alpha value is -1.21. The summed E-state index contributed by atoms with van der Waals surface area (Å²) in [5, 5.41) is 12.7. The van der Waals surface area contributed by atoms with E-state index in [1.807, 2.05) is 6.92 Å². The standard InChI is InChI=1S/C10H15N3O3S/c1-2-8-12-10(17-13-8)11-5-6-3-4-7(16-6)9(14)15/h6-7H,2-5H2,1H3,(H,14,15)(H,11,12,13). The van der Waals surface area contributed by atoms with Gasteiger partial charge in [-0.1, -0.05) is 6.92 Å². The summed E-state index contributed by atoms with van der Waals surface area (Å²) < 4.78 is 9.53. The molecular weight excluding hydrogens is 242 g/mol. The minimum absolute atomic E-state index is 0.0509. The molecule has 1 aliphatic heterocycles. The molecule has 2 atom stereocenters. The SMILES string of the molecule is CCc1nsc(NCC2CCC(C(=O)O)O2)n1. The lowest BCUT2D eigenvalue weighted by Crippen LogP contribution is -2.24. The molecule has 7 heteroatoms. The molecule has 94 valence electrons. The van der Waals surface area contributed by atoms with Crippen LogP contribution in [-0.2, 0) is 16.0 Å². The molecule has 0 radical (unpaired) electrons. The van der Waals surface area contributed by atoms with Gasteiger partial charge in [-0.3, -0.25) is 0 Å². The lowest BCUT2D eigenvalue weighted by Gasteiger charge is -2.10. The van der Waals surface area contributed by atoms with E-state index >= 15 is 0 Å². The molecule has 1 aromatic heterocycles. The summed E-state index contributed by atoms with van der Waals surface area (Å²) in [6.07, 6.45) is 1.47. The van der Waals surface area contributed by atoms with Gasteiger partial charge >= 0.3 is 5.97 Å². The number of aromatic nitrogens is 2. The van der Waals surface area contributed by atoms with Crippen LogP contribution in [0.2, 0.25) is 0 Å². The van der Waals surface area contributed by atoms with Crippen LogP contribution in [0.1, 0.15) is 25.6 Å². The number of nitrogens with zero attached hydrogens (tertiary/aromatic N) is 2. The first-order valence-electron chi connectivity index (χ1n) is 5.63. The highest BCUT2D eigenvalue weighted by molar-refractivity contribution is 7.09. The van der Waals surface area contributed by atoms with Crippen molar-refractivity contribution in [3.8, 4) is 0 Å². The largest absolute Gasteiger partial charge is 0.479 e. The minimum Gasteiger partial charge on any atom is -0.479 e. The second-order valence-corrected chi connectivity index (χ2v) is 4.66. The van der Waals surface area contributed by atoms with Crippen LogP contribution < -0.4 is 5.32 Å². The average Bonchev–Trinajstić information content (AvgIpc) is 2.95. The van der Waals surface area contributed by atoms with Gasteiger partial charge in [-0.15, -0.1) is 0 Å². The van der Waals surface area contributed by atoms with Gasteiger partial charge < -0.3 is 15.2 Å². The number of carboxylic acid groups (broad SMARTS) is 1. The van der Waals surface area contributed by atoms with E-state index in [1.54, 1.807) is 0 Å². The summed E-state index contributed by atoms with van der Waals surface area (Å²) in [6.45, 7) is 2.59. The number of hydrogen-bond acceptors (Lipinski definition) is 6. The summed E-state index contributed by atoms with van der Waals surface area (Å²) in [4.78, 5) is 15.0. The average molecular weight is 257 g/mol. The van der Waals surface area contributed by atoms with Crippen LogP contribution in [0.3, 0.4) is 0 Å². The van der Waals surface area contributed by atoms with E-state index in [2.05, 4.69) is 14.7 Å². The van der Waals surface area contributed by atoms with Crippen LogP contribution in [0.4, 0.5) is 5.13 Å². The first-order valence-corrected chi connectivity index (χ1v) is 6.41. The molecule has 0 aromatic carbocycles. The molecule has 0 amide bonds. The lowest BCUT2D eigenvalue weighted by molar-refractivity contribution is -0.149. The Bertz CT molecular complexity index is 396. The van der Waals surface area contributed by atoms with Crippen molar-refractivity contribution in [3.63, 3.8) is 0 Å². The molecule has 0 saturated carbocycles. The van der Waals surface area contributed by atoms with Gasteiger partial charge in [0.1, 0.15) is 5.82 Å². The molecule has 2 N–H and O–H groups in total. The summed E-state index contributed by atoms with van der Waals surface area (Å²) in [6, 6.07) is 0. The van der Waals surface area contributed by atoms with Gasteiger partial charge in [-0.2, -0.15) is 4.37 Å². The Morgan fingerprint density at radius 1 is 1.65 bits per heavy atom. The van der Waals surface area contributed by atoms with Crippen molar-refractivity contribution in [1.29, 1.82) is 0 Å². The second kappa shape index (κ2) is 5.42. The first kappa shape index (κ1) is 12.3. The van der Waals surface area contributed by atoms with E-state index in [-0.39, 0.29) is 6.10 Å². The third kappa shape index (κ3) is 3.13. The number of anilines is 1. The van der Waals surface area contributed by atoms with Crippen LogP contribution in [0.15, 0.2) is 0 Å². The fourth-order valence-corrected chi connectivity index (χ4v) is 2.36. The monoisotopic (exact) mass is 257 g/mol. The molecule has 0 bridgehead atoms. The fourth-order valence-electron chi connectivity index (χ4n) is 1.71. The molecule has 0 aliphatic carbocycles. The number of rotatable bonds is 5. The predicted octanol–water partition coefficient (Wildman–Crippen LogP) is 1.14.